The number of hydrogen-bond acceptors (Lipinski definition) is 5. The molecule has 0 spiro atoms. The van der Waals surface area contributed by atoms with E-state index < -0.39 is 5.97 Å². The fraction of sp³-hybridized carbons (Fsp3) is 0.364. The number of nitrogens with one attached hydrogen (secondary N) is 1. The summed E-state index contributed by atoms with van der Waals surface area (Å²) in [6.07, 6.45) is 0.102. The maximum atomic E-state index is 12.0. The summed E-state index contributed by atoms with van der Waals surface area (Å²) in [5, 5.41) is 3.36. The molecule has 1 N–H and O–H groups in total. The molecule has 1 amide bonds. The molecule has 0 aromatic heterocycles. The number of nitrogens with zero attached hydrogens (tertiary/aromatic N) is 2. The highest BCUT2D eigenvalue weighted by molar-refractivity contribution is 6.30. The summed E-state index contributed by atoms with van der Waals surface area (Å²) >= 11 is 5.82. The van der Waals surface area contributed by atoms with Gasteiger partial charge in [-0.1, -0.05) is 30.7 Å². The van der Waals surface area contributed by atoms with E-state index in [4.69, 9.17) is 16.3 Å². The van der Waals surface area contributed by atoms with Gasteiger partial charge in [0, 0.05) is 42.6 Å². The molecule has 2 aromatic rings. The number of ether oxygens (including phenoxy) is 1. The molecule has 7 heteroatoms. The van der Waals surface area contributed by atoms with E-state index in [1.54, 1.807) is 24.3 Å². The van der Waals surface area contributed by atoms with Gasteiger partial charge in [-0.2, -0.15) is 0 Å². The first kappa shape index (κ1) is 21.1. The van der Waals surface area contributed by atoms with Crippen LogP contribution < -0.4 is 10.2 Å². The first-order valence-electron chi connectivity index (χ1n) is 9.81. The van der Waals surface area contributed by atoms with Crippen LogP contribution in [0.15, 0.2) is 48.5 Å². The van der Waals surface area contributed by atoms with Crippen LogP contribution >= 0.6 is 11.6 Å². The number of rotatable bonds is 7. The van der Waals surface area contributed by atoms with E-state index in [2.05, 4.69) is 22.0 Å². The molecular formula is C22H26ClN3O3. The van der Waals surface area contributed by atoms with Gasteiger partial charge in [0.05, 0.1) is 6.42 Å². The molecule has 0 unspecified atom stereocenters. The van der Waals surface area contributed by atoms with Crippen LogP contribution in [0.2, 0.25) is 5.02 Å². The van der Waals surface area contributed by atoms with Crippen molar-refractivity contribution in [2.24, 2.45) is 0 Å². The number of benzene rings is 2. The second-order valence-electron chi connectivity index (χ2n) is 6.98. The van der Waals surface area contributed by atoms with Crippen molar-refractivity contribution in [3.8, 4) is 0 Å². The molecule has 154 valence electrons. The summed E-state index contributed by atoms with van der Waals surface area (Å²) in [5.74, 6) is -0.817. The third kappa shape index (κ3) is 6.48. The van der Waals surface area contributed by atoms with Crippen LogP contribution in [0.25, 0.3) is 0 Å². The molecule has 0 radical (unpaired) electrons. The van der Waals surface area contributed by atoms with Crippen molar-refractivity contribution in [2.75, 3.05) is 49.5 Å². The van der Waals surface area contributed by atoms with Gasteiger partial charge in [-0.25, -0.2) is 0 Å². The number of carbonyl (C=O) groups is 2. The summed E-state index contributed by atoms with van der Waals surface area (Å²) in [6, 6.07) is 14.7. The smallest absolute Gasteiger partial charge is 0.310 e. The van der Waals surface area contributed by atoms with Gasteiger partial charge in [0.25, 0.3) is 5.91 Å². The summed E-state index contributed by atoms with van der Waals surface area (Å²) < 4.78 is 5.05. The first-order valence-corrected chi connectivity index (χ1v) is 10.2. The van der Waals surface area contributed by atoms with E-state index in [-0.39, 0.29) is 18.9 Å². The minimum atomic E-state index is -0.455. The summed E-state index contributed by atoms with van der Waals surface area (Å²) in [6.45, 7) is 7.09. The van der Waals surface area contributed by atoms with Crippen LogP contribution in [0.4, 0.5) is 11.4 Å². The lowest BCUT2D eigenvalue weighted by Crippen LogP contribution is -2.46. The number of amides is 1. The number of anilines is 2. The molecule has 1 aliphatic rings. The van der Waals surface area contributed by atoms with Crippen molar-refractivity contribution < 1.29 is 14.3 Å². The van der Waals surface area contributed by atoms with Gasteiger partial charge >= 0.3 is 5.97 Å². The third-order valence-corrected chi connectivity index (χ3v) is 5.21. The van der Waals surface area contributed by atoms with Gasteiger partial charge in [0.15, 0.2) is 6.61 Å². The summed E-state index contributed by atoms with van der Waals surface area (Å²) in [5.41, 5.74) is 2.61. The maximum Gasteiger partial charge on any atom is 0.310 e. The Kier molecular flexibility index (Phi) is 7.49. The molecule has 1 saturated heterocycles. The van der Waals surface area contributed by atoms with Crippen molar-refractivity contribution in [3.05, 3.63) is 59.1 Å². The zero-order chi connectivity index (χ0) is 20.6. The Balaban J connectivity index is 1.42. The number of esters is 1. The van der Waals surface area contributed by atoms with Gasteiger partial charge in [0.2, 0.25) is 0 Å². The van der Waals surface area contributed by atoms with Gasteiger partial charge in [-0.05, 0) is 48.5 Å². The van der Waals surface area contributed by atoms with Gasteiger partial charge in [-0.3, -0.25) is 9.59 Å². The Bertz CT molecular complexity index is 816. The van der Waals surface area contributed by atoms with Crippen molar-refractivity contribution >= 4 is 34.9 Å². The molecule has 0 bridgehead atoms. The van der Waals surface area contributed by atoms with E-state index in [1.165, 1.54) is 0 Å². The highest BCUT2D eigenvalue weighted by Crippen LogP contribution is 2.19. The zero-order valence-electron chi connectivity index (χ0n) is 16.6. The normalized spacial score (nSPS) is 14.5. The quantitative estimate of drug-likeness (QED) is 0.703. The highest BCUT2D eigenvalue weighted by Gasteiger charge is 2.16. The predicted molar refractivity (Wildman–Crippen MR) is 116 cm³/mol. The van der Waals surface area contributed by atoms with E-state index in [1.807, 2.05) is 24.3 Å². The highest BCUT2D eigenvalue weighted by atomic mass is 35.5. The summed E-state index contributed by atoms with van der Waals surface area (Å²) in [4.78, 5) is 28.7. The summed E-state index contributed by atoms with van der Waals surface area (Å²) in [7, 11) is 0. The van der Waals surface area contributed by atoms with Crippen LogP contribution in [-0.4, -0.2) is 56.1 Å². The molecule has 0 aliphatic carbocycles. The van der Waals surface area contributed by atoms with Gasteiger partial charge in [0.1, 0.15) is 0 Å². The molecule has 1 fully saturated rings. The molecule has 29 heavy (non-hydrogen) atoms. The Morgan fingerprint density at radius 3 is 2.28 bits per heavy atom. The van der Waals surface area contributed by atoms with Gasteiger partial charge in [-0.15, -0.1) is 0 Å². The molecular weight excluding hydrogens is 390 g/mol. The Morgan fingerprint density at radius 2 is 1.66 bits per heavy atom. The van der Waals surface area contributed by atoms with E-state index in [0.717, 1.165) is 44.0 Å². The van der Waals surface area contributed by atoms with Crippen LogP contribution in [0.3, 0.4) is 0 Å². The first-order chi connectivity index (χ1) is 14.0. The number of likely N-dealkylation sites (N-methyl/N-ethyl adjacent to an activating group) is 1. The average Bonchev–Trinajstić information content (AvgIpc) is 2.74. The van der Waals surface area contributed by atoms with Crippen LogP contribution in [0.1, 0.15) is 12.5 Å². The lowest BCUT2D eigenvalue weighted by atomic mass is 10.1. The Morgan fingerprint density at radius 1 is 1.00 bits per heavy atom. The fourth-order valence-electron chi connectivity index (χ4n) is 3.24. The predicted octanol–water partition coefficient (Wildman–Crippen LogP) is 3.21. The zero-order valence-corrected chi connectivity index (χ0v) is 17.3. The van der Waals surface area contributed by atoms with Crippen LogP contribution in [-0.2, 0) is 20.7 Å². The van der Waals surface area contributed by atoms with Crippen molar-refractivity contribution in [1.82, 2.24) is 4.90 Å². The minimum absolute atomic E-state index is 0.102. The monoisotopic (exact) mass is 415 g/mol. The Hall–Kier alpha value is -2.57. The van der Waals surface area contributed by atoms with E-state index in [0.29, 0.717) is 10.7 Å². The molecule has 0 atom stereocenters. The second-order valence-corrected chi connectivity index (χ2v) is 7.42. The molecule has 3 rings (SSSR count). The van der Waals surface area contributed by atoms with Gasteiger partial charge < -0.3 is 19.9 Å². The number of hydrogen-bond donors (Lipinski definition) is 1. The molecule has 1 aliphatic heterocycles. The number of piperazine rings is 1. The molecule has 6 nitrogen and oxygen atoms in total. The largest absolute Gasteiger partial charge is 0.455 e. The topological polar surface area (TPSA) is 61.9 Å². The van der Waals surface area contributed by atoms with Crippen molar-refractivity contribution in [2.45, 2.75) is 13.3 Å². The molecule has 1 heterocycles. The Labute approximate surface area is 176 Å². The van der Waals surface area contributed by atoms with Crippen molar-refractivity contribution in [3.63, 3.8) is 0 Å². The van der Waals surface area contributed by atoms with Crippen molar-refractivity contribution in [1.29, 1.82) is 0 Å². The number of carbonyl (C=O) groups excluding carboxylic acids is 2. The fourth-order valence-corrected chi connectivity index (χ4v) is 3.37. The maximum absolute atomic E-state index is 12.0. The lowest BCUT2D eigenvalue weighted by molar-refractivity contribution is -0.146. The standard InChI is InChI=1S/C22H26ClN3O3/c1-2-25-11-13-26(14-12-25)20-9-7-19(8-10-20)24-21(27)16-29-22(28)15-17-3-5-18(23)6-4-17/h3-10H,2,11-16H2,1H3,(H,24,27). The third-order valence-electron chi connectivity index (χ3n) is 4.96. The minimum Gasteiger partial charge on any atom is -0.455 e. The number of halogens is 1. The average molecular weight is 416 g/mol. The SMILES string of the molecule is CCN1CCN(c2ccc(NC(=O)COC(=O)Cc3ccc(Cl)cc3)cc2)CC1. The lowest BCUT2D eigenvalue weighted by Gasteiger charge is -2.35. The second kappa shape index (κ2) is 10.3. The molecule has 0 saturated carbocycles. The molecule has 2 aromatic carbocycles. The van der Waals surface area contributed by atoms with Crippen LogP contribution in [0, 0.1) is 0 Å². The van der Waals surface area contributed by atoms with Crippen LogP contribution in [0.5, 0.6) is 0 Å². The van der Waals surface area contributed by atoms with E-state index >= 15 is 0 Å². The van der Waals surface area contributed by atoms with E-state index in [9.17, 15) is 9.59 Å².